The minimum atomic E-state index is -3.16. The maximum atomic E-state index is 11.6. The Hall–Kier alpha value is -2.51. The fourth-order valence-corrected chi connectivity index (χ4v) is 4.12. The number of rotatable bonds is 5. The third-order valence-electron chi connectivity index (χ3n) is 5.12. The summed E-state index contributed by atoms with van der Waals surface area (Å²) in [6.07, 6.45) is 2.19. The number of sulfone groups is 1. The molecule has 0 bridgehead atoms. The first-order valence-corrected chi connectivity index (χ1v) is 11.2. The van der Waals surface area contributed by atoms with Gasteiger partial charge in [-0.15, -0.1) is 10.2 Å². The van der Waals surface area contributed by atoms with Gasteiger partial charge in [0.05, 0.1) is 10.8 Å². The van der Waals surface area contributed by atoms with Crippen molar-refractivity contribution < 1.29 is 12.8 Å². The number of benzene rings is 2. The fourth-order valence-electron chi connectivity index (χ4n) is 3.49. The van der Waals surface area contributed by atoms with Gasteiger partial charge in [0.1, 0.15) is 0 Å². The van der Waals surface area contributed by atoms with E-state index in [1.165, 1.54) is 11.8 Å². The van der Waals surface area contributed by atoms with E-state index >= 15 is 0 Å². The summed E-state index contributed by atoms with van der Waals surface area (Å²) in [7, 11) is -3.16. The van der Waals surface area contributed by atoms with Crippen molar-refractivity contribution in [2.24, 2.45) is 0 Å². The third kappa shape index (κ3) is 4.15. The number of aromatic nitrogens is 2. The predicted molar refractivity (Wildman–Crippen MR) is 107 cm³/mol. The van der Waals surface area contributed by atoms with Crippen LogP contribution in [0.15, 0.2) is 57.8 Å². The molecule has 1 aliphatic heterocycles. The van der Waals surface area contributed by atoms with E-state index in [2.05, 4.69) is 15.1 Å². The van der Waals surface area contributed by atoms with Gasteiger partial charge in [0, 0.05) is 24.9 Å². The summed E-state index contributed by atoms with van der Waals surface area (Å²) < 4.78 is 29.1. The van der Waals surface area contributed by atoms with Gasteiger partial charge in [-0.3, -0.25) is 4.90 Å². The molecule has 0 amide bonds. The fraction of sp³-hybridized carbons (Fsp3) is 0.333. The van der Waals surface area contributed by atoms with Crippen LogP contribution in [0.2, 0.25) is 0 Å². The van der Waals surface area contributed by atoms with E-state index in [4.69, 9.17) is 4.42 Å². The van der Waals surface area contributed by atoms with Crippen molar-refractivity contribution in [3.05, 3.63) is 65.5 Å². The van der Waals surface area contributed by atoms with E-state index in [9.17, 15) is 8.42 Å². The van der Waals surface area contributed by atoms with Gasteiger partial charge in [-0.25, -0.2) is 8.42 Å². The van der Waals surface area contributed by atoms with Crippen molar-refractivity contribution in [3.63, 3.8) is 0 Å². The number of likely N-dealkylation sites (tertiary alicyclic amines) is 1. The molecule has 3 aromatic rings. The van der Waals surface area contributed by atoms with Crippen LogP contribution >= 0.6 is 0 Å². The monoisotopic (exact) mass is 397 g/mol. The van der Waals surface area contributed by atoms with Crippen LogP contribution in [-0.4, -0.2) is 42.9 Å². The van der Waals surface area contributed by atoms with Gasteiger partial charge in [-0.2, -0.15) is 0 Å². The molecule has 0 saturated carbocycles. The minimum Gasteiger partial charge on any atom is -0.420 e. The molecule has 0 spiro atoms. The molecule has 2 aromatic carbocycles. The second-order valence-electron chi connectivity index (χ2n) is 7.45. The highest BCUT2D eigenvalue weighted by Crippen LogP contribution is 2.29. The maximum Gasteiger partial charge on any atom is 0.247 e. The minimum absolute atomic E-state index is 0.224. The lowest BCUT2D eigenvalue weighted by Gasteiger charge is -2.15. The van der Waals surface area contributed by atoms with Crippen LogP contribution in [0.5, 0.6) is 0 Å². The molecule has 0 radical (unpaired) electrons. The molecule has 7 heteroatoms. The zero-order valence-corrected chi connectivity index (χ0v) is 16.8. The van der Waals surface area contributed by atoms with E-state index in [1.807, 2.05) is 43.3 Å². The van der Waals surface area contributed by atoms with Crippen molar-refractivity contribution in [3.8, 4) is 11.5 Å². The highest BCUT2D eigenvalue weighted by molar-refractivity contribution is 7.90. The normalized spacial score (nSPS) is 17.9. The highest BCUT2D eigenvalue weighted by Gasteiger charge is 2.28. The molecule has 1 fully saturated rings. The van der Waals surface area contributed by atoms with Crippen molar-refractivity contribution in [1.29, 1.82) is 0 Å². The van der Waals surface area contributed by atoms with Crippen LogP contribution in [0, 0.1) is 6.92 Å². The second-order valence-corrected chi connectivity index (χ2v) is 9.46. The molecule has 1 saturated heterocycles. The second kappa shape index (κ2) is 7.48. The molecule has 1 aromatic heterocycles. The van der Waals surface area contributed by atoms with Gasteiger partial charge in [0.2, 0.25) is 11.8 Å². The van der Waals surface area contributed by atoms with Crippen molar-refractivity contribution in [2.75, 3.05) is 19.3 Å². The first-order valence-electron chi connectivity index (χ1n) is 9.30. The van der Waals surface area contributed by atoms with Crippen LogP contribution in [0.3, 0.4) is 0 Å². The summed E-state index contributed by atoms with van der Waals surface area (Å²) in [5.41, 5.74) is 3.23. The van der Waals surface area contributed by atoms with E-state index in [1.54, 1.807) is 12.1 Å². The molecule has 0 N–H and O–H groups in total. The van der Waals surface area contributed by atoms with Crippen LogP contribution < -0.4 is 0 Å². The summed E-state index contributed by atoms with van der Waals surface area (Å²) in [5.74, 6) is 1.47. The Labute approximate surface area is 165 Å². The molecular formula is C21H23N3O3S. The highest BCUT2D eigenvalue weighted by atomic mass is 32.2. The zero-order valence-electron chi connectivity index (χ0n) is 16.0. The van der Waals surface area contributed by atoms with Gasteiger partial charge >= 0.3 is 0 Å². The first-order chi connectivity index (χ1) is 13.4. The molecule has 4 rings (SSSR count). The molecule has 1 atom stereocenters. The molecule has 1 aliphatic rings. The summed E-state index contributed by atoms with van der Waals surface area (Å²) in [6, 6.07) is 15.2. The number of hydrogen-bond donors (Lipinski definition) is 0. The van der Waals surface area contributed by atoms with Gasteiger partial charge in [-0.1, -0.05) is 29.8 Å². The Morgan fingerprint density at radius 1 is 1.07 bits per heavy atom. The lowest BCUT2D eigenvalue weighted by Crippen LogP contribution is -2.19. The molecule has 2 heterocycles. The van der Waals surface area contributed by atoms with Crippen molar-refractivity contribution >= 4 is 9.84 Å². The van der Waals surface area contributed by atoms with Crippen molar-refractivity contribution in [2.45, 2.75) is 30.7 Å². The molecular weight excluding hydrogens is 374 g/mol. The average Bonchev–Trinajstić information content (AvgIpc) is 3.31. The molecule has 28 heavy (non-hydrogen) atoms. The number of nitrogens with zero attached hydrogens (tertiary/aromatic N) is 3. The molecule has 6 nitrogen and oxygen atoms in total. The zero-order chi connectivity index (χ0) is 19.7. The number of hydrogen-bond acceptors (Lipinski definition) is 6. The Morgan fingerprint density at radius 2 is 1.79 bits per heavy atom. The van der Waals surface area contributed by atoms with Gasteiger partial charge in [-0.05, 0) is 49.7 Å². The molecule has 1 unspecified atom stereocenters. The quantitative estimate of drug-likeness (QED) is 0.656. The third-order valence-corrected chi connectivity index (χ3v) is 6.25. The molecule has 0 aliphatic carbocycles. The van der Waals surface area contributed by atoms with Gasteiger partial charge < -0.3 is 4.42 Å². The van der Waals surface area contributed by atoms with Crippen molar-refractivity contribution in [1.82, 2.24) is 15.1 Å². The average molecular weight is 398 g/mol. The van der Waals surface area contributed by atoms with Crippen LogP contribution in [-0.2, 0) is 16.4 Å². The Morgan fingerprint density at radius 3 is 2.46 bits per heavy atom. The van der Waals surface area contributed by atoms with E-state index < -0.39 is 9.84 Å². The maximum absolute atomic E-state index is 11.6. The lowest BCUT2D eigenvalue weighted by molar-refractivity contribution is 0.320. The van der Waals surface area contributed by atoms with Gasteiger partial charge in [0.25, 0.3) is 0 Å². The van der Waals surface area contributed by atoms with E-state index in [0.29, 0.717) is 16.7 Å². The van der Waals surface area contributed by atoms with E-state index in [-0.39, 0.29) is 5.92 Å². The van der Waals surface area contributed by atoms with Crippen LogP contribution in [0.1, 0.15) is 29.4 Å². The Bertz CT molecular complexity index is 1060. The standard InChI is InChI=1S/C21H23N3O3S/c1-15-3-7-17(8-4-15)20-22-23-21(27-20)18-11-12-24(14-18)13-16-5-9-19(10-6-16)28(2,25)26/h3-10,18H,11-14H2,1-2H3. The Kier molecular flexibility index (Phi) is 5.03. The smallest absolute Gasteiger partial charge is 0.247 e. The van der Waals surface area contributed by atoms with Crippen LogP contribution in [0.4, 0.5) is 0 Å². The summed E-state index contributed by atoms with van der Waals surface area (Å²) in [5, 5.41) is 8.48. The Balaban J connectivity index is 1.40. The summed E-state index contributed by atoms with van der Waals surface area (Å²) >= 11 is 0. The SMILES string of the molecule is Cc1ccc(-c2nnc(C3CCN(Cc4ccc(S(C)(=O)=O)cc4)C3)o2)cc1. The topological polar surface area (TPSA) is 76.3 Å². The summed E-state index contributed by atoms with van der Waals surface area (Å²) in [4.78, 5) is 2.68. The van der Waals surface area contributed by atoms with Crippen LogP contribution in [0.25, 0.3) is 11.5 Å². The van der Waals surface area contributed by atoms with E-state index in [0.717, 1.165) is 37.2 Å². The summed E-state index contributed by atoms with van der Waals surface area (Å²) in [6.45, 7) is 4.62. The predicted octanol–water partition coefficient (Wildman–Crippen LogP) is 3.44. The first kappa shape index (κ1) is 18.8. The number of aryl methyl sites for hydroxylation is 1. The van der Waals surface area contributed by atoms with Gasteiger partial charge in [0.15, 0.2) is 9.84 Å². The largest absolute Gasteiger partial charge is 0.420 e. The molecule has 146 valence electrons. The lowest BCUT2D eigenvalue weighted by atomic mass is 10.1.